The lowest BCUT2D eigenvalue weighted by molar-refractivity contribution is -0.138. The number of carbonyl (C=O) groups excluding carboxylic acids is 4. The number of benzene rings is 2. The Kier molecular flexibility index (Phi) is 10.3. The number of nitrogens with zero attached hydrogens (tertiary/aromatic N) is 4. The zero-order valence-electron chi connectivity index (χ0n) is 33.7. The smallest absolute Gasteiger partial charge is 0.407 e. The van der Waals surface area contributed by atoms with E-state index in [-0.39, 0.29) is 47.8 Å². The number of ether oxygens (including phenoxy) is 3. The van der Waals surface area contributed by atoms with E-state index in [1.165, 1.54) is 14.2 Å². The molecule has 9 atom stereocenters. The zero-order valence-corrected chi connectivity index (χ0v) is 33.7. The number of hydrogen-bond acceptors (Lipinski definition) is 9. The van der Waals surface area contributed by atoms with Gasteiger partial charge in [-0.1, -0.05) is 38.0 Å². The predicted octanol–water partition coefficient (Wildman–Crippen LogP) is 5.21. The number of alkyl carbamates (subject to hydrolysis) is 2. The van der Waals surface area contributed by atoms with E-state index >= 15 is 0 Å². The van der Waals surface area contributed by atoms with Crippen molar-refractivity contribution in [1.82, 2.24) is 40.4 Å². The first-order valence-electron chi connectivity index (χ1n) is 20.7. The number of piperidine rings is 2. The van der Waals surface area contributed by atoms with Gasteiger partial charge < -0.3 is 44.6 Å². The first kappa shape index (κ1) is 38.6. The third-order valence-electron chi connectivity index (χ3n) is 12.8. The summed E-state index contributed by atoms with van der Waals surface area (Å²) in [5, 5.41) is 7.62. The van der Waals surface area contributed by atoms with Gasteiger partial charge in [-0.2, -0.15) is 0 Å². The molecule has 0 bridgehead atoms. The molecule has 3 saturated heterocycles. The van der Waals surface area contributed by atoms with Crippen molar-refractivity contribution in [1.29, 1.82) is 0 Å². The first-order valence-corrected chi connectivity index (χ1v) is 20.7. The second-order valence-corrected chi connectivity index (χ2v) is 17.0. The molecule has 15 heteroatoms. The van der Waals surface area contributed by atoms with Crippen molar-refractivity contribution in [3.8, 4) is 23.1 Å². The Morgan fingerprint density at radius 3 is 2.17 bits per heavy atom. The Bertz CT molecular complexity index is 2340. The van der Waals surface area contributed by atoms with Crippen molar-refractivity contribution in [2.24, 2.45) is 23.7 Å². The summed E-state index contributed by atoms with van der Waals surface area (Å²) in [6.45, 7) is 4.90. The van der Waals surface area contributed by atoms with Crippen LogP contribution in [0, 0.1) is 35.5 Å². The molecule has 2 aromatic carbocycles. The molecule has 0 radical (unpaired) electrons. The highest BCUT2D eigenvalue weighted by Crippen LogP contribution is 2.54. The minimum Gasteiger partial charge on any atom is -0.453 e. The minimum absolute atomic E-state index is 0.105. The normalized spacial score (nSPS) is 26.3. The van der Waals surface area contributed by atoms with Gasteiger partial charge in [-0.25, -0.2) is 19.6 Å². The zero-order chi connectivity index (χ0) is 40.9. The largest absolute Gasteiger partial charge is 0.453 e. The van der Waals surface area contributed by atoms with E-state index in [0.717, 1.165) is 71.9 Å². The SMILES string of the molecule is COC(=O)NC(C(=O)N1[C@@H]2C[C@@H]2C[C@H]1c1ncc(C#Cc2ccc3cc(-c4cnc([C@@H]5C[C@H]6C[C@H]6N5C(=O)[C@@H](NC(=O)OC)[C@@H]5CCCOC5)[nH]4)ccc3c2)[nH]1)C(C)C. The molecule has 59 heavy (non-hydrogen) atoms. The highest BCUT2D eigenvalue weighted by atomic mass is 16.5. The van der Waals surface area contributed by atoms with E-state index in [2.05, 4.69) is 67.8 Å². The molecule has 4 N–H and O–H groups in total. The predicted molar refractivity (Wildman–Crippen MR) is 215 cm³/mol. The summed E-state index contributed by atoms with van der Waals surface area (Å²) in [5.74, 6) is 8.31. The lowest BCUT2D eigenvalue weighted by atomic mass is 9.92. The van der Waals surface area contributed by atoms with Crippen LogP contribution in [0.25, 0.3) is 22.0 Å². The summed E-state index contributed by atoms with van der Waals surface area (Å²) in [4.78, 5) is 72.4. The number of amides is 4. The molecule has 4 amide bonds. The van der Waals surface area contributed by atoms with Crippen LogP contribution in [0.2, 0.25) is 0 Å². The summed E-state index contributed by atoms with van der Waals surface area (Å²) in [6.07, 6.45) is 7.49. The van der Waals surface area contributed by atoms with Crippen LogP contribution in [0.1, 0.15) is 87.4 Å². The lowest BCUT2D eigenvalue weighted by Crippen LogP contribution is -2.54. The van der Waals surface area contributed by atoms with Gasteiger partial charge in [0.15, 0.2) is 0 Å². The summed E-state index contributed by atoms with van der Waals surface area (Å²) in [5.41, 5.74) is 3.34. The van der Waals surface area contributed by atoms with Crippen molar-refractivity contribution in [3.63, 3.8) is 0 Å². The number of rotatable bonds is 9. The molecule has 2 saturated carbocycles. The van der Waals surface area contributed by atoms with Gasteiger partial charge in [0, 0.05) is 35.7 Å². The van der Waals surface area contributed by atoms with E-state index in [9.17, 15) is 19.2 Å². The standard InChI is InChI=1S/C44H50N8O7/c1-23(2)37(49-43(55)57-3)41(53)51-33-16-29(33)18-35(51)39-45-20-31(47-39)12-8-24-7-9-26-15-27(11-10-25(26)14-24)32-21-46-40(48-32)36-19-30-17-34(30)52(36)42(54)38(50-44(56)58-4)28-6-5-13-59-22-28/h7,9-11,14-15,20-21,23,28-30,33-38H,5-6,13,16-19,22H2,1-4H3,(H,45,47)(H,46,48)(H,49,55)(H,50,56)/t28-,29-,30-,33-,34-,35+,36+,37?,38+/m1/s1. The van der Waals surface area contributed by atoms with E-state index in [0.29, 0.717) is 36.6 Å². The number of aromatic nitrogens is 4. The van der Waals surface area contributed by atoms with E-state index in [1.807, 2.05) is 35.9 Å². The molecule has 1 unspecified atom stereocenters. The number of H-pyrrole nitrogens is 2. The van der Waals surface area contributed by atoms with Crippen LogP contribution in [0.5, 0.6) is 0 Å². The van der Waals surface area contributed by atoms with Gasteiger partial charge in [0.25, 0.3) is 0 Å². The van der Waals surface area contributed by atoms with Gasteiger partial charge in [0.1, 0.15) is 29.4 Å². The van der Waals surface area contributed by atoms with Crippen molar-refractivity contribution in [2.75, 3.05) is 27.4 Å². The van der Waals surface area contributed by atoms with Crippen LogP contribution >= 0.6 is 0 Å². The van der Waals surface area contributed by atoms with Crippen molar-refractivity contribution >= 4 is 34.8 Å². The summed E-state index contributed by atoms with van der Waals surface area (Å²) < 4.78 is 15.4. The maximum Gasteiger partial charge on any atom is 0.407 e. The molecule has 5 fully saturated rings. The van der Waals surface area contributed by atoms with Gasteiger partial charge in [-0.3, -0.25) is 9.59 Å². The summed E-state index contributed by atoms with van der Waals surface area (Å²) in [6, 6.07) is 10.8. The van der Waals surface area contributed by atoms with Crippen molar-refractivity contribution in [3.05, 3.63) is 71.7 Å². The molecular weight excluding hydrogens is 753 g/mol. The van der Waals surface area contributed by atoms with Gasteiger partial charge in [0.2, 0.25) is 11.8 Å². The van der Waals surface area contributed by atoms with Crippen molar-refractivity contribution < 1.29 is 33.4 Å². The Labute approximate surface area is 342 Å². The number of methoxy groups -OCH3 is 2. The quantitative estimate of drug-likeness (QED) is 0.165. The number of nitrogens with one attached hydrogen (secondary N) is 4. The fourth-order valence-corrected chi connectivity index (χ4v) is 9.50. The number of carbonyl (C=O) groups is 4. The Hall–Kier alpha value is -5.88. The average molecular weight is 803 g/mol. The van der Waals surface area contributed by atoms with Crippen LogP contribution < -0.4 is 10.6 Å². The first-order chi connectivity index (χ1) is 28.6. The number of hydrogen-bond donors (Lipinski definition) is 4. The van der Waals surface area contributed by atoms with Gasteiger partial charge >= 0.3 is 12.2 Å². The van der Waals surface area contributed by atoms with Gasteiger partial charge in [-0.05, 0) is 91.2 Å². The van der Waals surface area contributed by atoms with E-state index in [1.54, 1.807) is 6.20 Å². The molecule has 308 valence electrons. The molecule has 3 aliphatic heterocycles. The highest BCUT2D eigenvalue weighted by molar-refractivity contribution is 5.89. The molecule has 5 aliphatic rings. The van der Waals surface area contributed by atoms with Gasteiger partial charge in [-0.15, -0.1) is 0 Å². The third-order valence-corrected chi connectivity index (χ3v) is 12.8. The fourth-order valence-electron chi connectivity index (χ4n) is 9.50. The molecule has 2 aliphatic carbocycles. The highest BCUT2D eigenvalue weighted by Gasteiger charge is 2.57. The average Bonchev–Trinajstić information content (AvgIpc) is 3.85. The Balaban J connectivity index is 0.881. The van der Waals surface area contributed by atoms with Crippen LogP contribution in [0.3, 0.4) is 0 Å². The minimum atomic E-state index is -0.724. The molecule has 4 aromatic rings. The third kappa shape index (κ3) is 7.62. The molecule has 9 rings (SSSR count). The van der Waals surface area contributed by atoms with Crippen LogP contribution in [-0.2, 0) is 23.8 Å². The summed E-state index contributed by atoms with van der Waals surface area (Å²) >= 11 is 0. The lowest BCUT2D eigenvalue weighted by Gasteiger charge is -2.35. The Morgan fingerprint density at radius 1 is 0.814 bits per heavy atom. The van der Waals surface area contributed by atoms with E-state index in [4.69, 9.17) is 19.2 Å². The summed E-state index contributed by atoms with van der Waals surface area (Å²) in [7, 11) is 2.60. The second-order valence-electron chi connectivity index (χ2n) is 17.0. The molecule has 0 spiro atoms. The van der Waals surface area contributed by atoms with Crippen molar-refractivity contribution in [2.45, 2.75) is 88.6 Å². The molecule has 15 nitrogen and oxygen atoms in total. The fraction of sp³-hybridized carbons (Fsp3) is 0.500. The van der Waals surface area contributed by atoms with Crippen LogP contribution in [0.15, 0.2) is 48.8 Å². The number of aromatic amines is 2. The monoisotopic (exact) mass is 802 g/mol. The molecule has 2 aromatic heterocycles. The topological polar surface area (TPSA) is 184 Å². The molecule has 5 heterocycles. The van der Waals surface area contributed by atoms with Crippen LogP contribution in [0.4, 0.5) is 9.59 Å². The maximum atomic E-state index is 14.2. The maximum absolute atomic E-state index is 14.2. The second kappa shape index (κ2) is 15.7. The number of fused-ring (bicyclic) bond motifs is 3. The molecular formula is C44H50N8O7. The number of imidazole rings is 2. The van der Waals surface area contributed by atoms with Crippen LogP contribution in [-0.4, -0.2) is 105 Å². The van der Waals surface area contributed by atoms with E-state index < -0.39 is 24.3 Å². The Morgan fingerprint density at radius 2 is 1.47 bits per heavy atom. The van der Waals surface area contributed by atoms with Gasteiger partial charge in [0.05, 0.1) is 51.0 Å². The number of likely N-dealkylation sites (tertiary alicyclic amines) is 2.